The number of carbonyl (C=O) groups is 1. The van der Waals surface area contributed by atoms with E-state index >= 15 is 0 Å². The molecule has 1 aliphatic rings. The van der Waals surface area contributed by atoms with Gasteiger partial charge in [0.25, 0.3) is 0 Å². The predicted molar refractivity (Wildman–Crippen MR) is 85.7 cm³/mol. The van der Waals surface area contributed by atoms with Crippen molar-refractivity contribution >= 4 is 17.7 Å². The second kappa shape index (κ2) is 7.27. The van der Waals surface area contributed by atoms with E-state index in [0.717, 1.165) is 24.2 Å². The molecule has 0 radical (unpaired) electrons. The minimum absolute atomic E-state index is 0.132. The molecule has 1 aromatic carbocycles. The van der Waals surface area contributed by atoms with Crippen molar-refractivity contribution in [2.45, 2.75) is 44.9 Å². The van der Waals surface area contributed by atoms with Gasteiger partial charge in [-0.15, -0.1) is 0 Å². The molecule has 3 unspecified atom stereocenters. The molecule has 0 spiro atoms. The first-order valence-corrected chi connectivity index (χ1v) is 8.84. The number of halogens is 1. The van der Waals surface area contributed by atoms with Gasteiger partial charge < -0.3 is 4.90 Å². The molecule has 21 heavy (non-hydrogen) atoms. The monoisotopic (exact) mass is 310 g/mol. The number of rotatable bonds is 6. The van der Waals surface area contributed by atoms with Crippen LogP contribution in [0.25, 0.3) is 0 Å². The van der Waals surface area contributed by atoms with E-state index in [1.165, 1.54) is 12.1 Å². The van der Waals surface area contributed by atoms with Crippen molar-refractivity contribution in [1.82, 2.24) is 10.2 Å². The predicted octanol–water partition coefficient (Wildman–Crippen LogP) is 3.18. The second-order valence-electron chi connectivity index (χ2n) is 5.35. The average Bonchev–Trinajstić information content (AvgIpc) is 2.81. The third-order valence-electron chi connectivity index (χ3n) is 3.99. The fourth-order valence-electron chi connectivity index (χ4n) is 2.85. The Morgan fingerprint density at radius 3 is 2.76 bits per heavy atom. The molecule has 116 valence electrons. The number of benzene rings is 1. The molecule has 1 heterocycles. The van der Waals surface area contributed by atoms with Crippen molar-refractivity contribution in [1.29, 1.82) is 0 Å². The first-order valence-electron chi connectivity index (χ1n) is 7.45. The summed E-state index contributed by atoms with van der Waals surface area (Å²) in [6, 6.07) is 6.52. The molecular weight excluding hydrogens is 287 g/mol. The number of nitrogens with zero attached hydrogens (tertiary/aromatic N) is 1. The number of hydrogen-bond donors (Lipinski definition) is 1. The first-order chi connectivity index (χ1) is 10.1. The lowest BCUT2D eigenvalue weighted by molar-refractivity contribution is -0.132. The topological polar surface area (TPSA) is 32.3 Å². The van der Waals surface area contributed by atoms with Gasteiger partial charge in [0.1, 0.15) is 12.0 Å². The van der Waals surface area contributed by atoms with Crippen molar-refractivity contribution in [3.8, 4) is 0 Å². The van der Waals surface area contributed by atoms with Gasteiger partial charge in [0.15, 0.2) is 0 Å². The summed E-state index contributed by atoms with van der Waals surface area (Å²) in [4.78, 5) is 14.6. The Morgan fingerprint density at radius 1 is 1.43 bits per heavy atom. The molecule has 3 atom stereocenters. The summed E-state index contributed by atoms with van der Waals surface area (Å²) in [5.74, 6) is 0.763. The van der Waals surface area contributed by atoms with Crippen LogP contribution in [0.3, 0.4) is 0 Å². The van der Waals surface area contributed by atoms with Crippen molar-refractivity contribution in [3.05, 3.63) is 35.6 Å². The van der Waals surface area contributed by atoms with Crippen LogP contribution < -0.4 is 5.32 Å². The standard InChI is InChI=1S/C16H23FN2OS/c1-4-13(10-21-3)19-15(18-14(5-2)16(19)20)11-7-6-8-12(17)9-11/h6-9,13-15,18H,4-5,10H2,1-3H3. The minimum Gasteiger partial charge on any atom is -0.318 e. The van der Waals surface area contributed by atoms with Gasteiger partial charge >= 0.3 is 0 Å². The highest BCUT2D eigenvalue weighted by Gasteiger charge is 2.41. The molecule has 0 saturated carbocycles. The van der Waals surface area contributed by atoms with Crippen LogP contribution in [-0.4, -0.2) is 34.9 Å². The average molecular weight is 310 g/mol. The van der Waals surface area contributed by atoms with E-state index in [0.29, 0.717) is 0 Å². The van der Waals surface area contributed by atoms with Crippen LogP contribution in [0, 0.1) is 5.82 Å². The third kappa shape index (κ3) is 3.40. The molecule has 5 heteroatoms. The molecule has 0 bridgehead atoms. The molecule has 1 amide bonds. The van der Waals surface area contributed by atoms with Crippen LogP contribution in [0.5, 0.6) is 0 Å². The molecule has 1 N–H and O–H groups in total. The SMILES string of the molecule is CCC1NC(c2cccc(F)c2)N(C(CC)CSC)C1=O. The highest BCUT2D eigenvalue weighted by atomic mass is 32.2. The van der Waals surface area contributed by atoms with Gasteiger partial charge in [-0.1, -0.05) is 26.0 Å². The van der Waals surface area contributed by atoms with Crippen molar-refractivity contribution in [3.63, 3.8) is 0 Å². The lowest BCUT2D eigenvalue weighted by atomic mass is 10.1. The maximum atomic E-state index is 13.5. The Morgan fingerprint density at radius 2 is 2.19 bits per heavy atom. The maximum Gasteiger partial charge on any atom is 0.241 e. The Hall–Kier alpha value is -1.07. The molecule has 3 nitrogen and oxygen atoms in total. The maximum absolute atomic E-state index is 13.5. The zero-order chi connectivity index (χ0) is 15.4. The minimum atomic E-state index is -0.264. The van der Waals surface area contributed by atoms with Gasteiger partial charge in [-0.2, -0.15) is 11.8 Å². The van der Waals surface area contributed by atoms with Gasteiger partial charge in [-0.05, 0) is 36.8 Å². The van der Waals surface area contributed by atoms with Crippen molar-refractivity contribution in [2.24, 2.45) is 0 Å². The quantitative estimate of drug-likeness (QED) is 0.876. The fourth-order valence-corrected chi connectivity index (χ4v) is 3.63. The zero-order valence-corrected chi connectivity index (χ0v) is 13.6. The van der Waals surface area contributed by atoms with E-state index in [-0.39, 0.29) is 30.0 Å². The summed E-state index contributed by atoms with van der Waals surface area (Å²) < 4.78 is 13.5. The Balaban J connectivity index is 2.34. The number of nitrogens with one attached hydrogen (secondary N) is 1. The summed E-state index contributed by atoms with van der Waals surface area (Å²) in [5.41, 5.74) is 0.818. The lowest BCUT2D eigenvalue weighted by Crippen LogP contribution is -2.41. The van der Waals surface area contributed by atoms with E-state index in [1.54, 1.807) is 17.8 Å². The number of carbonyl (C=O) groups excluding carboxylic acids is 1. The van der Waals surface area contributed by atoms with Crippen LogP contribution >= 0.6 is 11.8 Å². The van der Waals surface area contributed by atoms with Gasteiger partial charge in [0.2, 0.25) is 5.91 Å². The van der Waals surface area contributed by atoms with E-state index in [9.17, 15) is 9.18 Å². The highest BCUT2D eigenvalue weighted by molar-refractivity contribution is 7.98. The molecule has 1 aliphatic heterocycles. The Bertz CT molecular complexity index is 497. The Kier molecular flexibility index (Phi) is 5.65. The summed E-state index contributed by atoms with van der Waals surface area (Å²) in [6.45, 7) is 4.09. The summed E-state index contributed by atoms with van der Waals surface area (Å²) in [7, 11) is 0. The number of amides is 1. The molecule has 1 fully saturated rings. The first kappa shape index (κ1) is 16.3. The van der Waals surface area contributed by atoms with Crippen LogP contribution in [0.4, 0.5) is 4.39 Å². The Labute approximate surface area is 130 Å². The van der Waals surface area contributed by atoms with E-state index in [1.807, 2.05) is 24.1 Å². The largest absolute Gasteiger partial charge is 0.318 e. The molecule has 1 saturated heterocycles. The number of thioether (sulfide) groups is 1. The van der Waals surface area contributed by atoms with Gasteiger partial charge in [0.05, 0.1) is 6.04 Å². The third-order valence-corrected chi connectivity index (χ3v) is 4.70. The molecular formula is C16H23FN2OS. The van der Waals surface area contributed by atoms with E-state index in [4.69, 9.17) is 0 Å². The molecule has 0 aliphatic carbocycles. The van der Waals surface area contributed by atoms with E-state index in [2.05, 4.69) is 12.2 Å². The van der Waals surface area contributed by atoms with E-state index < -0.39 is 0 Å². The smallest absolute Gasteiger partial charge is 0.241 e. The highest BCUT2D eigenvalue weighted by Crippen LogP contribution is 2.30. The molecule has 1 aromatic rings. The lowest BCUT2D eigenvalue weighted by Gasteiger charge is -2.32. The van der Waals surface area contributed by atoms with Gasteiger partial charge in [0, 0.05) is 11.8 Å². The van der Waals surface area contributed by atoms with Gasteiger partial charge in [-0.3, -0.25) is 10.1 Å². The fraction of sp³-hybridized carbons (Fsp3) is 0.562. The normalized spacial score (nSPS) is 23.6. The van der Waals surface area contributed by atoms with Crippen LogP contribution in [0.15, 0.2) is 24.3 Å². The van der Waals surface area contributed by atoms with Crippen LogP contribution in [-0.2, 0) is 4.79 Å². The van der Waals surface area contributed by atoms with Gasteiger partial charge in [-0.25, -0.2) is 4.39 Å². The number of hydrogen-bond acceptors (Lipinski definition) is 3. The molecule has 0 aromatic heterocycles. The summed E-state index contributed by atoms with van der Waals surface area (Å²) in [6.07, 6.45) is 3.47. The summed E-state index contributed by atoms with van der Waals surface area (Å²) in [5, 5.41) is 3.36. The molecule has 2 rings (SSSR count). The summed E-state index contributed by atoms with van der Waals surface area (Å²) >= 11 is 1.74. The second-order valence-corrected chi connectivity index (χ2v) is 6.26. The van der Waals surface area contributed by atoms with Crippen LogP contribution in [0.1, 0.15) is 38.4 Å². The van der Waals surface area contributed by atoms with Crippen molar-refractivity contribution < 1.29 is 9.18 Å². The van der Waals surface area contributed by atoms with Crippen LogP contribution in [0.2, 0.25) is 0 Å². The zero-order valence-electron chi connectivity index (χ0n) is 12.8. The van der Waals surface area contributed by atoms with Crippen molar-refractivity contribution in [2.75, 3.05) is 12.0 Å².